The normalized spacial score (nSPS) is 10.6. The summed E-state index contributed by atoms with van der Waals surface area (Å²) in [7, 11) is 0. The molecule has 0 heterocycles. The molecule has 0 radical (unpaired) electrons. The molecule has 3 heteroatoms. The van der Waals surface area contributed by atoms with Crippen molar-refractivity contribution in [3.8, 4) is 0 Å². The Morgan fingerprint density at radius 2 is 1.42 bits per heavy atom. The predicted molar refractivity (Wildman–Crippen MR) is 102 cm³/mol. The van der Waals surface area contributed by atoms with Crippen molar-refractivity contribution in [2.24, 2.45) is 0 Å². The van der Waals surface area contributed by atoms with Crippen molar-refractivity contribution in [2.75, 3.05) is 5.32 Å². The van der Waals surface area contributed by atoms with Gasteiger partial charge < -0.3 is 5.32 Å². The van der Waals surface area contributed by atoms with Crippen LogP contribution in [-0.2, 0) is 4.79 Å². The van der Waals surface area contributed by atoms with Crippen LogP contribution in [0.4, 0.5) is 5.69 Å². The van der Waals surface area contributed by atoms with Gasteiger partial charge in [-0.3, -0.25) is 4.79 Å². The average molecular weight is 380 g/mol. The zero-order valence-electron chi connectivity index (χ0n) is 13.2. The van der Waals surface area contributed by atoms with Gasteiger partial charge in [0.1, 0.15) is 0 Å². The fraction of sp³-hybridized carbons (Fsp3) is 0.0952. The molecular formula is C21H18BrNO. The quantitative estimate of drug-likeness (QED) is 0.613. The monoisotopic (exact) mass is 379 g/mol. The second kappa shape index (κ2) is 7.93. The van der Waals surface area contributed by atoms with Crippen LogP contribution in [-0.4, -0.2) is 5.91 Å². The fourth-order valence-electron chi connectivity index (χ4n) is 2.76. The second-order valence-electron chi connectivity index (χ2n) is 5.64. The molecule has 0 aliphatic carbocycles. The van der Waals surface area contributed by atoms with Gasteiger partial charge in [0.2, 0.25) is 5.91 Å². The van der Waals surface area contributed by atoms with E-state index in [1.165, 1.54) is 0 Å². The lowest BCUT2D eigenvalue weighted by Gasteiger charge is -2.18. The average Bonchev–Trinajstić information content (AvgIpc) is 2.61. The predicted octanol–water partition coefficient (Wildman–Crippen LogP) is 5.61. The Kier molecular flexibility index (Phi) is 5.44. The highest BCUT2D eigenvalue weighted by Crippen LogP contribution is 2.28. The Morgan fingerprint density at radius 3 is 1.96 bits per heavy atom. The lowest BCUT2D eigenvalue weighted by molar-refractivity contribution is -0.116. The molecule has 0 atom stereocenters. The molecule has 0 saturated carbocycles. The summed E-state index contributed by atoms with van der Waals surface area (Å²) in [6, 6.07) is 28.0. The van der Waals surface area contributed by atoms with Gasteiger partial charge in [0.15, 0.2) is 0 Å². The van der Waals surface area contributed by atoms with Crippen molar-refractivity contribution in [1.29, 1.82) is 0 Å². The number of carbonyl (C=O) groups is 1. The van der Waals surface area contributed by atoms with Crippen LogP contribution in [0, 0.1) is 0 Å². The van der Waals surface area contributed by atoms with Crippen LogP contribution in [0.3, 0.4) is 0 Å². The first-order valence-electron chi connectivity index (χ1n) is 7.87. The summed E-state index contributed by atoms with van der Waals surface area (Å²) in [5.41, 5.74) is 3.09. The molecule has 0 spiro atoms. The van der Waals surface area contributed by atoms with Crippen LogP contribution in [0.5, 0.6) is 0 Å². The topological polar surface area (TPSA) is 29.1 Å². The van der Waals surface area contributed by atoms with Gasteiger partial charge in [-0.25, -0.2) is 0 Å². The highest BCUT2D eigenvalue weighted by molar-refractivity contribution is 9.10. The van der Waals surface area contributed by atoms with E-state index in [4.69, 9.17) is 0 Å². The van der Waals surface area contributed by atoms with E-state index in [0.29, 0.717) is 6.42 Å². The minimum atomic E-state index is 0.00538. The van der Waals surface area contributed by atoms with Crippen LogP contribution in [0.15, 0.2) is 89.4 Å². The first-order valence-corrected chi connectivity index (χ1v) is 8.67. The summed E-state index contributed by atoms with van der Waals surface area (Å²) in [5.74, 6) is 0.0466. The standard InChI is InChI=1S/C21H18BrNO/c22-18-12-7-13-19(14-18)23-21(24)15-20(16-8-3-1-4-9-16)17-10-5-2-6-11-17/h1-14,20H,15H2,(H,23,24). The highest BCUT2D eigenvalue weighted by atomic mass is 79.9. The van der Waals surface area contributed by atoms with E-state index in [0.717, 1.165) is 21.3 Å². The maximum absolute atomic E-state index is 12.6. The Bertz CT molecular complexity index is 763. The molecule has 0 saturated heterocycles. The van der Waals surface area contributed by atoms with E-state index in [-0.39, 0.29) is 11.8 Å². The molecule has 0 unspecified atom stereocenters. The number of nitrogens with one attached hydrogen (secondary N) is 1. The summed E-state index contributed by atoms with van der Waals surface area (Å²) in [4.78, 5) is 12.6. The van der Waals surface area contributed by atoms with Gasteiger partial charge in [-0.15, -0.1) is 0 Å². The van der Waals surface area contributed by atoms with Gasteiger partial charge in [-0.2, -0.15) is 0 Å². The van der Waals surface area contributed by atoms with Gasteiger partial charge >= 0.3 is 0 Å². The molecule has 3 aromatic carbocycles. The van der Waals surface area contributed by atoms with Crippen LogP contribution in [0.1, 0.15) is 23.5 Å². The number of amides is 1. The Morgan fingerprint density at radius 1 is 0.833 bits per heavy atom. The summed E-state index contributed by atoms with van der Waals surface area (Å²) in [6.45, 7) is 0. The third-order valence-electron chi connectivity index (χ3n) is 3.90. The number of carbonyl (C=O) groups excluding carboxylic acids is 1. The van der Waals surface area contributed by atoms with E-state index >= 15 is 0 Å². The third-order valence-corrected chi connectivity index (χ3v) is 4.40. The maximum Gasteiger partial charge on any atom is 0.225 e. The second-order valence-corrected chi connectivity index (χ2v) is 6.55. The van der Waals surface area contributed by atoms with Crippen LogP contribution < -0.4 is 5.32 Å². The molecule has 3 rings (SSSR count). The van der Waals surface area contributed by atoms with Crippen molar-refractivity contribution in [2.45, 2.75) is 12.3 Å². The molecule has 0 aliphatic rings. The number of benzene rings is 3. The number of hydrogen-bond donors (Lipinski definition) is 1. The van der Waals surface area contributed by atoms with Crippen molar-refractivity contribution in [1.82, 2.24) is 0 Å². The molecular weight excluding hydrogens is 362 g/mol. The lowest BCUT2D eigenvalue weighted by atomic mass is 9.88. The summed E-state index contributed by atoms with van der Waals surface area (Å²) >= 11 is 3.43. The first kappa shape index (κ1) is 16.5. The minimum Gasteiger partial charge on any atom is -0.326 e. The minimum absolute atomic E-state index is 0.00538. The SMILES string of the molecule is O=C(CC(c1ccccc1)c1ccccc1)Nc1cccc(Br)c1. The van der Waals surface area contributed by atoms with E-state index in [1.54, 1.807) is 0 Å². The van der Waals surface area contributed by atoms with Crippen molar-refractivity contribution in [3.05, 3.63) is 101 Å². The molecule has 0 aliphatic heterocycles. The number of halogens is 1. The third kappa shape index (κ3) is 4.33. The fourth-order valence-corrected chi connectivity index (χ4v) is 3.16. The van der Waals surface area contributed by atoms with Gasteiger partial charge in [0.25, 0.3) is 0 Å². The molecule has 2 nitrogen and oxygen atoms in total. The molecule has 24 heavy (non-hydrogen) atoms. The molecule has 1 amide bonds. The van der Waals surface area contributed by atoms with Crippen molar-refractivity contribution >= 4 is 27.5 Å². The number of rotatable bonds is 5. The van der Waals surface area contributed by atoms with Gasteiger partial charge in [0.05, 0.1) is 0 Å². The number of anilines is 1. The summed E-state index contributed by atoms with van der Waals surface area (Å²) in [6.07, 6.45) is 0.403. The summed E-state index contributed by atoms with van der Waals surface area (Å²) in [5, 5.41) is 2.98. The van der Waals surface area contributed by atoms with Gasteiger partial charge in [-0.05, 0) is 29.3 Å². The van der Waals surface area contributed by atoms with Gasteiger partial charge in [-0.1, -0.05) is 82.7 Å². The zero-order chi connectivity index (χ0) is 16.8. The molecule has 120 valence electrons. The largest absolute Gasteiger partial charge is 0.326 e. The number of hydrogen-bond acceptors (Lipinski definition) is 1. The first-order chi connectivity index (χ1) is 11.7. The van der Waals surface area contributed by atoms with E-state index in [2.05, 4.69) is 45.5 Å². The smallest absolute Gasteiger partial charge is 0.225 e. The lowest BCUT2D eigenvalue weighted by Crippen LogP contribution is -2.16. The van der Waals surface area contributed by atoms with E-state index < -0.39 is 0 Å². The molecule has 0 aromatic heterocycles. The zero-order valence-corrected chi connectivity index (χ0v) is 14.7. The molecule has 0 bridgehead atoms. The molecule has 1 N–H and O–H groups in total. The van der Waals surface area contributed by atoms with Crippen molar-refractivity contribution < 1.29 is 4.79 Å². The van der Waals surface area contributed by atoms with Crippen LogP contribution >= 0.6 is 15.9 Å². The molecule has 3 aromatic rings. The maximum atomic E-state index is 12.6. The molecule has 0 fully saturated rings. The van der Waals surface area contributed by atoms with E-state index in [1.807, 2.05) is 60.7 Å². The van der Waals surface area contributed by atoms with Crippen LogP contribution in [0.25, 0.3) is 0 Å². The Hall–Kier alpha value is -2.39. The summed E-state index contributed by atoms with van der Waals surface area (Å²) < 4.78 is 0.947. The van der Waals surface area contributed by atoms with Crippen LogP contribution in [0.2, 0.25) is 0 Å². The highest BCUT2D eigenvalue weighted by Gasteiger charge is 2.18. The van der Waals surface area contributed by atoms with E-state index in [9.17, 15) is 4.79 Å². The Labute approximate surface area is 150 Å². The van der Waals surface area contributed by atoms with Crippen molar-refractivity contribution in [3.63, 3.8) is 0 Å². The van der Waals surface area contributed by atoms with Gasteiger partial charge in [0, 0.05) is 22.5 Å². The Balaban J connectivity index is 1.80.